The van der Waals surface area contributed by atoms with Crippen LogP contribution in [0.3, 0.4) is 0 Å². The molecule has 4 aromatic rings. The molecular weight excluding hydrogens is 418 g/mol. The fourth-order valence-electron chi connectivity index (χ4n) is 4.52. The third-order valence-corrected chi connectivity index (χ3v) is 6.18. The van der Waals surface area contributed by atoms with E-state index in [4.69, 9.17) is 4.52 Å². The molecular formula is C25H27N5O3. The number of aliphatic hydroxyl groups excluding tert-OH is 1. The number of benzene rings is 1. The maximum absolute atomic E-state index is 12.7. The Morgan fingerprint density at radius 1 is 1.18 bits per heavy atom. The van der Waals surface area contributed by atoms with Crippen molar-refractivity contribution in [2.75, 3.05) is 19.6 Å². The van der Waals surface area contributed by atoms with E-state index in [1.165, 1.54) is 11.1 Å². The minimum Gasteiger partial charge on any atom is -0.390 e. The summed E-state index contributed by atoms with van der Waals surface area (Å²) >= 11 is 0. The van der Waals surface area contributed by atoms with E-state index in [9.17, 15) is 9.90 Å². The SMILES string of the molecule is Cc1noc(C)c1-c1ccc2nc(C(=O)NCC(O)CN3CCc4ccccc4C3)cn2c1. The first-order valence-electron chi connectivity index (χ1n) is 11.2. The van der Waals surface area contributed by atoms with E-state index in [2.05, 4.69) is 38.6 Å². The number of β-amino-alcohol motifs (C(OH)–C–C–N with tert-alkyl or cyclic N) is 1. The van der Waals surface area contributed by atoms with Gasteiger partial charge in [0.25, 0.3) is 5.91 Å². The quantitative estimate of drug-likeness (QED) is 0.474. The van der Waals surface area contributed by atoms with Gasteiger partial charge >= 0.3 is 0 Å². The van der Waals surface area contributed by atoms with Crippen LogP contribution < -0.4 is 5.32 Å². The molecule has 1 unspecified atom stereocenters. The van der Waals surface area contributed by atoms with E-state index in [1.807, 2.05) is 42.6 Å². The van der Waals surface area contributed by atoms with E-state index in [0.29, 0.717) is 17.9 Å². The third kappa shape index (κ3) is 4.40. The standard InChI is InChI=1S/C25H27N5O3/c1-16-24(17(2)33-28-16)20-7-8-23-27-22(15-30(23)13-20)25(32)26-11-21(31)14-29-10-9-18-5-3-4-6-19(18)12-29/h3-8,13,15,21,31H,9-12,14H2,1-2H3,(H,26,32). The molecule has 1 aliphatic rings. The van der Waals surface area contributed by atoms with Gasteiger partial charge in [0.15, 0.2) is 0 Å². The van der Waals surface area contributed by atoms with Gasteiger partial charge in [-0.25, -0.2) is 4.98 Å². The first kappa shape index (κ1) is 21.4. The maximum Gasteiger partial charge on any atom is 0.271 e. The van der Waals surface area contributed by atoms with Gasteiger partial charge in [-0.2, -0.15) is 0 Å². The molecule has 3 aromatic heterocycles. The van der Waals surface area contributed by atoms with E-state index < -0.39 is 6.10 Å². The number of nitrogens with one attached hydrogen (secondary N) is 1. The average molecular weight is 446 g/mol. The summed E-state index contributed by atoms with van der Waals surface area (Å²) in [7, 11) is 0. The lowest BCUT2D eigenvalue weighted by atomic mass is 10.00. The topological polar surface area (TPSA) is 95.9 Å². The highest BCUT2D eigenvalue weighted by molar-refractivity contribution is 5.93. The Bertz CT molecular complexity index is 1290. The molecule has 5 rings (SSSR count). The van der Waals surface area contributed by atoms with Crippen molar-refractivity contribution < 1.29 is 14.4 Å². The second-order valence-corrected chi connectivity index (χ2v) is 8.63. The van der Waals surface area contributed by atoms with E-state index in [0.717, 1.165) is 42.1 Å². The second kappa shape index (κ2) is 8.80. The van der Waals surface area contributed by atoms with Crippen molar-refractivity contribution in [3.8, 4) is 11.1 Å². The van der Waals surface area contributed by atoms with Crippen molar-refractivity contribution in [2.45, 2.75) is 32.9 Å². The van der Waals surface area contributed by atoms with Gasteiger partial charge in [0, 0.05) is 49.7 Å². The molecule has 1 atom stereocenters. The number of fused-ring (bicyclic) bond motifs is 2. The molecule has 4 heterocycles. The molecule has 33 heavy (non-hydrogen) atoms. The summed E-state index contributed by atoms with van der Waals surface area (Å²) in [5, 5.41) is 17.3. The molecule has 0 spiro atoms. The molecule has 0 saturated carbocycles. The van der Waals surface area contributed by atoms with Crippen molar-refractivity contribution in [1.29, 1.82) is 0 Å². The molecule has 8 heteroatoms. The largest absolute Gasteiger partial charge is 0.390 e. The molecule has 1 aromatic carbocycles. The van der Waals surface area contributed by atoms with Gasteiger partial charge in [0.2, 0.25) is 0 Å². The fourth-order valence-corrected chi connectivity index (χ4v) is 4.52. The predicted octanol–water partition coefficient (Wildman–Crippen LogP) is 2.76. The Morgan fingerprint density at radius 2 is 2.00 bits per heavy atom. The number of rotatable bonds is 6. The Morgan fingerprint density at radius 3 is 2.79 bits per heavy atom. The Balaban J connectivity index is 1.20. The fraction of sp³-hybridized carbons (Fsp3) is 0.320. The van der Waals surface area contributed by atoms with Gasteiger partial charge in [-0.15, -0.1) is 0 Å². The zero-order valence-electron chi connectivity index (χ0n) is 18.8. The van der Waals surface area contributed by atoms with Crippen LogP contribution in [0.2, 0.25) is 0 Å². The monoisotopic (exact) mass is 445 g/mol. The van der Waals surface area contributed by atoms with Crippen molar-refractivity contribution in [3.05, 3.63) is 77.1 Å². The number of aryl methyl sites for hydroxylation is 2. The molecule has 0 bridgehead atoms. The molecule has 0 radical (unpaired) electrons. The Labute approximate surface area is 191 Å². The molecule has 170 valence electrons. The van der Waals surface area contributed by atoms with Crippen LogP contribution in [0.5, 0.6) is 0 Å². The number of carbonyl (C=O) groups excluding carboxylic acids is 1. The van der Waals surface area contributed by atoms with Crippen molar-refractivity contribution in [2.24, 2.45) is 0 Å². The number of hydrogen-bond donors (Lipinski definition) is 2. The highest BCUT2D eigenvalue weighted by atomic mass is 16.5. The van der Waals surface area contributed by atoms with Gasteiger partial charge < -0.3 is 19.3 Å². The molecule has 0 saturated heterocycles. The number of aliphatic hydroxyl groups is 1. The highest BCUT2D eigenvalue weighted by Gasteiger charge is 2.20. The zero-order valence-corrected chi connectivity index (χ0v) is 18.8. The lowest BCUT2D eigenvalue weighted by Crippen LogP contribution is -2.42. The molecule has 8 nitrogen and oxygen atoms in total. The molecule has 1 amide bonds. The molecule has 1 aliphatic heterocycles. The normalized spacial score (nSPS) is 14.9. The van der Waals surface area contributed by atoms with Crippen molar-refractivity contribution >= 4 is 11.6 Å². The van der Waals surface area contributed by atoms with E-state index in [-0.39, 0.29) is 12.5 Å². The first-order valence-corrected chi connectivity index (χ1v) is 11.2. The maximum atomic E-state index is 12.7. The van der Waals surface area contributed by atoms with E-state index >= 15 is 0 Å². The minimum atomic E-state index is -0.651. The Hall–Kier alpha value is -3.49. The van der Waals surface area contributed by atoms with Crippen LogP contribution in [-0.2, 0) is 13.0 Å². The Kier molecular flexibility index (Phi) is 5.70. The van der Waals surface area contributed by atoms with Crippen LogP contribution in [0.1, 0.15) is 33.1 Å². The number of nitrogens with zero attached hydrogens (tertiary/aromatic N) is 4. The summed E-state index contributed by atoms with van der Waals surface area (Å²) in [5.41, 5.74) is 6.37. The van der Waals surface area contributed by atoms with Gasteiger partial charge in [0.05, 0.1) is 11.8 Å². The van der Waals surface area contributed by atoms with Gasteiger partial charge in [-0.05, 0) is 43.5 Å². The molecule has 0 aliphatic carbocycles. The summed E-state index contributed by atoms with van der Waals surface area (Å²) < 4.78 is 7.08. The van der Waals surface area contributed by atoms with Crippen LogP contribution in [0.4, 0.5) is 0 Å². The molecule has 2 N–H and O–H groups in total. The van der Waals surface area contributed by atoms with Crippen LogP contribution in [0.25, 0.3) is 16.8 Å². The van der Waals surface area contributed by atoms with Gasteiger partial charge in [-0.3, -0.25) is 9.69 Å². The number of hydrogen-bond acceptors (Lipinski definition) is 6. The van der Waals surface area contributed by atoms with Crippen LogP contribution in [0.15, 0.2) is 53.3 Å². The number of imidazole rings is 1. The van der Waals surface area contributed by atoms with E-state index in [1.54, 1.807) is 6.20 Å². The van der Waals surface area contributed by atoms with Gasteiger partial charge in [0.1, 0.15) is 17.1 Å². The zero-order chi connectivity index (χ0) is 22.9. The minimum absolute atomic E-state index is 0.176. The predicted molar refractivity (Wildman–Crippen MR) is 124 cm³/mol. The average Bonchev–Trinajstić information content (AvgIpc) is 3.39. The summed E-state index contributed by atoms with van der Waals surface area (Å²) in [6, 6.07) is 12.2. The lowest BCUT2D eigenvalue weighted by molar-refractivity contribution is 0.0838. The lowest BCUT2D eigenvalue weighted by Gasteiger charge is -2.30. The van der Waals surface area contributed by atoms with Crippen molar-refractivity contribution in [1.82, 2.24) is 24.8 Å². The summed E-state index contributed by atoms with van der Waals surface area (Å²) in [4.78, 5) is 19.3. The first-order chi connectivity index (χ1) is 16.0. The summed E-state index contributed by atoms with van der Waals surface area (Å²) in [6.07, 6.45) is 3.93. The van der Waals surface area contributed by atoms with Crippen LogP contribution in [0, 0.1) is 13.8 Å². The third-order valence-electron chi connectivity index (χ3n) is 6.18. The highest BCUT2D eigenvalue weighted by Crippen LogP contribution is 2.27. The number of pyridine rings is 1. The summed E-state index contributed by atoms with van der Waals surface area (Å²) in [5.74, 6) is 0.441. The number of amides is 1. The molecule has 0 fully saturated rings. The van der Waals surface area contributed by atoms with Gasteiger partial charge in [-0.1, -0.05) is 29.4 Å². The van der Waals surface area contributed by atoms with Crippen LogP contribution in [-0.4, -0.2) is 56.2 Å². The number of carbonyl (C=O) groups is 1. The van der Waals surface area contributed by atoms with Crippen molar-refractivity contribution in [3.63, 3.8) is 0 Å². The summed E-state index contributed by atoms with van der Waals surface area (Å²) in [6.45, 7) is 6.19. The van der Waals surface area contributed by atoms with Crippen LogP contribution >= 0.6 is 0 Å². The smallest absolute Gasteiger partial charge is 0.271 e. The number of aromatic nitrogens is 3. The second-order valence-electron chi connectivity index (χ2n) is 8.63.